The Kier molecular flexibility index (Phi) is 4.09. The van der Waals surface area contributed by atoms with Gasteiger partial charge in [0.25, 0.3) is 0 Å². The smallest absolute Gasteiger partial charge is 0.224 e. The van der Waals surface area contributed by atoms with E-state index in [1.54, 1.807) is 0 Å². The zero-order valence-electron chi connectivity index (χ0n) is 9.48. The van der Waals surface area contributed by atoms with Crippen molar-refractivity contribution in [2.75, 3.05) is 17.7 Å². The van der Waals surface area contributed by atoms with Crippen LogP contribution in [0, 0.1) is 0 Å². The monoisotopic (exact) mass is 249 g/mol. The molecule has 3 nitrogen and oxygen atoms in total. The third kappa shape index (κ3) is 3.27. The third-order valence-corrected chi connectivity index (χ3v) is 2.80. The van der Waals surface area contributed by atoms with E-state index >= 15 is 0 Å². The third-order valence-electron chi connectivity index (χ3n) is 2.59. The first-order valence-corrected chi connectivity index (χ1v) is 6.24. The number of ether oxygens (including phenoxy) is 1. The van der Waals surface area contributed by atoms with Crippen LogP contribution in [-0.4, -0.2) is 18.3 Å². The van der Waals surface area contributed by atoms with Crippen LogP contribution in [0.1, 0.15) is 12.0 Å². The lowest BCUT2D eigenvalue weighted by Gasteiger charge is -2.17. The van der Waals surface area contributed by atoms with Crippen LogP contribution >= 0.6 is 12.6 Å². The predicted octanol–water partition coefficient (Wildman–Crippen LogP) is 2.44. The van der Waals surface area contributed by atoms with Crippen LogP contribution in [-0.2, 0) is 11.2 Å². The number of fused-ring (bicyclic) bond motifs is 1. The zero-order valence-corrected chi connectivity index (χ0v) is 10.4. The van der Waals surface area contributed by atoms with Crippen LogP contribution in [0.2, 0.25) is 0 Å². The molecule has 1 aliphatic heterocycles. The first kappa shape index (κ1) is 12.0. The minimum Gasteiger partial charge on any atom is -0.490 e. The SMILES string of the molecule is O=C1CCc2cc(OCC=CCS)ccc2N1. The molecule has 0 saturated heterocycles. The van der Waals surface area contributed by atoms with E-state index in [0.29, 0.717) is 13.0 Å². The van der Waals surface area contributed by atoms with E-state index in [2.05, 4.69) is 17.9 Å². The summed E-state index contributed by atoms with van der Waals surface area (Å²) < 4.78 is 5.57. The maximum absolute atomic E-state index is 11.2. The Bertz CT molecular complexity index is 443. The molecular formula is C13H15NO2S. The lowest BCUT2D eigenvalue weighted by molar-refractivity contribution is -0.116. The highest BCUT2D eigenvalue weighted by molar-refractivity contribution is 7.80. The highest BCUT2D eigenvalue weighted by atomic mass is 32.1. The van der Waals surface area contributed by atoms with Crippen LogP contribution in [0.4, 0.5) is 5.69 Å². The van der Waals surface area contributed by atoms with E-state index in [1.165, 1.54) is 0 Å². The Morgan fingerprint density at radius 3 is 3.06 bits per heavy atom. The minimum atomic E-state index is 0.0860. The van der Waals surface area contributed by atoms with Gasteiger partial charge in [0.05, 0.1) is 0 Å². The first-order valence-electron chi connectivity index (χ1n) is 5.61. The Morgan fingerprint density at radius 2 is 2.24 bits per heavy atom. The van der Waals surface area contributed by atoms with Gasteiger partial charge in [-0.05, 0) is 30.2 Å². The Hall–Kier alpha value is -1.42. The first-order chi connectivity index (χ1) is 8.29. The van der Waals surface area contributed by atoms with Crippen LogP contribution < -0.4 is 10.1 Å². The molecule has 0 fully saturated rings. The van der Waals surface area contributed by atoms with E-state index in [1.807, 2.05) is 30.4 Å². The standard InChI is InChI=1S/C13H15NO2S/c15-13-6-3-10-9-11(4-5-12(10)14-13)16-7-1-2-8-17/h1-2,4-5,9,17H,3,6-8H2,(H,14,15). The number of rotatable bonds is 4. The number of anilines is 1. The summed E-state index contributed by atoms with van der Waals surface area (Å²) in [6.07, 6.45) is 5.22. The van der Waals surface area contributed by atoms with E-state index in [4.69, 9.17) is 4.74 Å². The molecule has 1 N–H and O–H groups in total. The van der Waals surface area contributed by atoms with Crippen LogP contribution in [0.5, 0.6) is 5.75 Å². The average molecular weight is 249 g/mol. The molecule has 0 atom stereocenters. The quantitative estimate of drug-likeness (QED) is 0.635. The zero-order chi connectivity index (χ0) is 12.1. The molecule has 0 saturated carbocycles. The largest absolute Gasteiger partial charge is 0.490 e. The maximum Gasteiger partial charge on any atom is 0.224 e. The van der Waals surface area contributed by atoms with Crippen molar-refractivity contribution >= 4 is 24.2 Å². The molecule has 17 heavy (non-hydrogen) atoms. The van der Waals surface area contributed by atoms with Gasteiger partial charge in [-0.3, -0.25) is 4.79 Å². The molecule has 2 rings (SSSR count). The Balaban J connectivity index is 2.01. The molecule has 0 aromatic heterocycles. The van der Waals surface area contributed by atoms with Gasteiger partial charge in [0, 0.05) is 17.9 Å². The van der Waals surface area contributed by atoms with Gasteiger partial charge >= 0.3 is 0 Å². The summed E-state index contributed by atoms with van der Waals surface area (Å²) in [6.45, 7) is 0.547. The van der Waals surface area contributed by atoms with Gasteiger partial charge in [-0.2, -0.15) is 12.6 Å². The van der Waals surface area contributed by atoms with E-state index in [-0.39, 0.29) is 5.91 Å². The lowest BCUT2D eigenvalue weighted by Crippen LogP contribution is -2.18. The molecule has 1 heterocycles. The summed E-state index contributed by atoms with van der Waals surface area (Å²) in [4.78, 5) is 11.2. The molecular weight excluding hydrogens is 234 g/mol. The lowest BCUT2D eigenvalue weighted by atomic mass is 10.0. The normalized spacial score (nSPS) is 14.5. The summed E-state index contributed by atoms with van der Waals surface area (Å²) in [5.74, 6) is 1.64. The van der Waals surface area contributed by atoms with Crippen LogP contribution in [0.25, 0.3) is 0 Å². The van der Waals surface area contributed by atoms with E-state index < -0.39 is 0 Å². The van der Waals surface area contributed by atoms with Gasteiger partial charge in [-0.25, -0.2) is 0 Å². The van der Waals surface area contributed by atoms with Crippen molar-refractivity contribution in [2.45, 2.75) is 12.8 Å². The highest BCUT2D eigenvalue weighted by Gasteiger charge is 2.14. The van der Waals surface area contributed by atoms with Crippen molar-refractivity contribution in [3.63, 3.8) is 0 Å². The van der Waals surface area contributed by atoms with Gasteiger partial charge in [-0.1, -0.05) is 12.2 Å². The van der Waals surface area contributed by atoms with Crippen molar-refractivity contribution in [2.24, 2.45) is 0 Å². The number of amides is 1. The molecule has 4 heteroatoms. The second-order valence-corrected chi connectivity index (χ2v) is 4.20. The van der Waals surface area contributed by atoms with E-state index in [9.17, 15) is 4.79 Å². The van der Waals surface area contributed by atoms with Crippen molar-refractivity contribution in [3.05, 3.63) is 35.9 Å². The molecule has 0 bridgehead atoms. The van der Waals surface area contributed by atoms with Gasteiger partial charge in [0.2, 0.25) is 5.91 Å². The number of carbonyl (C=O) groups is 1. The number of hydrogen-bond acceptors (Lipinski definition) is 3. The molecule has 0 unspecified atom stereocenters. The predicted molar refractivity (Wildman–Crippen MR) is 71.9 cm³/mol. The maximum atomic E-state index is 11.2. The Morgan fingerprint density at radius 1 is 1.35 bits per heavy atom. The summed E-state index contributed by atoms with van der Waals surface area (Å²) in [5, 5.41) is 2.84. The van der Waals surface area contributed by atoms with Crippen molar-refractivity contribution in [3.8, 4) is 5.75 Å². The molecule has 1 aromatic carbocycles. The van der Waals surface area contributed by atoms with Gasteiger partial charge in [0.1, 0.15) is 12.4 Å². The highest BCUT2D eigenvalue weighted by Crippen LogP contribution is 2.26. The van der Waals surface area contributed by atoms with Crippen molar-refractivity contribution in [1.82, 2.24) is 0 Å². The van der Waals surface area contributed by atoms with Crippen LogP contribution in [0.3, 0.4) is 0 Å². The summed E-state index contributed by atoms with van der Waals surface area (Å²) >= 11 is 4.07. The van der Waals surface area contributed by atoms with Gasteiger partial charge in [0.15, 0.2) is 0 Å². The average Bonchev–Trinajstić information content (AvgIpc) is 2.35. The fraction of sp³-hybridized carbons (Fsp3) is 0.308. The van der Waals surface area contributed by atoms with Crippen molar-refractivity contribution in [1.29, 1.82) is 0 Å². The summed E-state index contributed by atoms with van der Waals surface area (Å²) in [7, 11) is 0. The second kappa shape index (κ2) is 5.77. The molecule has 1 amide bonds. The molecule has 0 aliphatic carbocycles. The number of nitrogens with one attached hydrogen (secondary N) is 1. The van der Waals surface area contributed by atoms with Crippen molar-refractivity contribution < 1.29 is 9.53 Å². The fourth-order valence-corrected chi connectivity index (χ4v) is 1.89. The van der Waals surface area contributed by atoms with Gasteiger partial charge in [-0.15, -0.1) is 0 Å². The Labute approximate surface area is 106 Å². The van der Waals surface area contributed by atoms with E-state index in [0.717, 1.165) is 29.2 Å². The number of thiol groups is 1. The molecule has 0 spiro atoms. The van der Waals surface area contributed by atoms with Crippen LogP contribution in [0.15, 0.2) is 30.4 Å². The second-order valence-electron chi connectivity index (χ2n) is 3.83. The number of hydrogen-bond donors (Lipinski definition) is 2. The number of benzene rings is 1. The van der Waals surface area contributed by atoms with Gasteiger partial charge < -0.3 is 10.1 Å². The molecule has 1 aromatic rings. The molecule has 0 radical (unpaired) electrons. The molecule has 1 aliphatic rings. The molecule has 90 valence electrons. The number of aryl methyl sites for hydroxylation is 1. The topological polar surface area (TPSA) is 38.3 Å². The minimum absolute atomic E-state index is 0.0860. The fourth-order valence-electron chi connectivity index (χ4n) is 1.74. The summed E-state index contributed by atoms with van der Waals surface area (Å²) in [6, 6.07) is 5.76. The summed E-state index contributed by atoms with van der Waals surface area (Å²) in [5.41, 5.74) is 2.04. The number of carbonyl (C=O) groups excluding carboxylic acids is 1.